The number of ether oxygens (including phenoxy) is 1. The monoisotopic (exact) mass is 804 g/mol. The van der Waals surface area contributed by atoms with Gasteiger partial charge in [0.2, 0.25) is 5.91 Å². The average molecular weight is 806 g/mol. The number of aliphatic hydroxyl groups excluding tert-OH is 2. The zero-order valence-electron chi connectivity index (χ0n) is 32.6. The fourth-order valence-electron chi connectivity index (χ4n) is 9.48. The molecular weight excluding hydrogens is 748 g/mol. The van der Waals surface area contributed by atoms with Crippen LogP contribution in [0.15, 0.2) is 71.2 Å². The summed E-state index contributed by atoms with van der Waals surface area (Å²) in [4.78, 5) is 36.4. The van der Waals surface area contributed by atoms with E-state index in [0.29, 0.717) is 42.0 Å². The minimum Gasteiger partial charge on any atom is -0.496 e. The second-order valence-electron chi connectivity index (χ2n) is 16.6. The van der Waals surface area contributed by atoms with Crippen LogP contribution in [0.5, 0.6) is 5.75 Å². The normalized spacial score (nSPS) is 27.2. The van der Waals surface area contributed by atoms with Crippen molar-refractivity contribution in [3.63, 3.8) is 0 Å². The number of carbonyl (C=O) groups excluding carboxylic acids is 2. The van der Waals surface area contributed by atoms with Crippen LogP contribution >= 0.6 is 15.9 Å². The summed E-state index contributed by atoms with van der Waals surface area (Å²) < 4.78 is 6.79. The fourth-order valence-corrected chi connectivity index (χ4v) is 9.97. The molecule has 3 aromatic rings. The van der Waals surface area contributed by atoms with E-state index in [1.807, 2.05) is 68.7 Å². The number of methoxy groups -OCH3 is 1. The lowest BCUT2D eigenvalue weighted by Crippen LogP contribution is -2.62. The van der Waals surface area contributed by atoms with Crippen LogP contribution in [0.2, 0.25) is 0 Å². The van der Waals surface area contributed by atoms with E-state index in [1.165, 1.54) is 6.42 Å². The van der Waals surface area contributed by atoms with Gasteiger partial charge in [0.15, 0.2) is 0 Å². The van der Waals surface area contributed by atoms with E-state index in [4.69, 9.17) is 9.57 Å². The highest BCUT2D eigenvalue weighted by Crippen LogP contribution is 2.61. The third kappa shape index (κ3) is 8.41. The van der Waals surface area contributed by atoms with Crippen molar-refractivity contribution in [3.05, 3.63) is 87.9 Å². The number of nitrogens with zero attached hydrogens (tertiary/aromatic N) is 2. The van der Waals surface area contributed by atoms with Crippen molar-refractivity contribution in [2.45, 2.75) is 83.8 Å². The summed E-state index contributed by atoms with van der Waals surface area (Å²) in [5.74, 6) is 1.01. The van der Waals surface area contributed by atoms with Crippen LogP contribution < -0.4 is 15.4 Å². The first-order valence-electron chi connectivity index (χ1n) is 19.2. The first kappa shape index (κ1) is 40.3. The summed E-state index contributed by atoms with van der Waals surface area (Å²) in [6.45, 7) is 9.06. The Balaban J connectivity index is 1.25. The molecule has 0 aromatic heterocycles. The number of para-hydroxylation sites is 1. The lowest BCUT2D eigenvalue weighted by atomic mass is 9.45. The zero-order chi connectivity index (χ0) is 38.9. The molecule has 7 rings (SSSR count). The molecule has 10 nitrogen and oxygen atoms in total. The summed E-state index contributed by atoms with van der Waals surface area (Å²) in [5, 5.41) is 29.5. The largest absolute Gasteiger partial charge is 0.496 e. The second-order valence-corrected chi connectivity index (χ2v) is 17.5. The molecule has 1 saturated heterocycles. The molecule has 3 saturated carbocycles. The highest BCUT2D eigenvalue weighted by Gasteiger charge is 2.57. The van der Waals surface area contributed by atoms with Gasteiger partial charge in [0.1, 0.15) is 17.9 Å². The summed E-state index contributed by atoms with van der Waals surface area (Å²) >= 11 is 3.64. The van der Waals surface area contributed by atoms with E-state index in [1.54, 1.807) is 19.1 Å². The molecular formula is C43H57BrN4O6. The van der Waals surface area contributed by atoms with Gasteiger partial charge < -0.3 is 30.5 Å². The first-order chi connectivity index (χ1) is 25.7. The van der Waals surface area contributed by atoms with Crippen LogP contribution in [0.4, 0.5) is 0 Å². The number of hydroxylamine groups is 2. The van der Waals surface area contributed by atoms with E-state index in [2.05, 4.69) is 64.4 Å². The number of likely N-dealkylation sites (N-methyl/N-ethyl adjacent to an activating group) is 1. The SMILES string of the molecule is COc1c(CN2O[C@@H](CO)[C@@H]([C@H](C)O)[C@H]2C(=O)N[C@H]2C[C@@H]3C[C@H]([C@@H]2C)C3(C)C)cccc1-c1cc(Br)cc(C(=O)N[C@@H](Cc2ccccc2)CN(C)C)c1. The van der Waals surface area contributed by atoms with Gasteiger partial charge in [0.25, 0.3) is 5.91 Å². The van der Waals surface area contributed by atoms with E-state index >= 15 is 0 Å². The lowest BCUT2D eigenvalue weighted by Gasteiger charge is -2.62. The number of hydrogen-bond donors (Lipinski definition) is 4. The number of amides is 2. The van der Waals surface area contributed by atoms with E-state index in [-0.39, 0.29) is 42.5 Å². The van der Waals surface area contributed by atoms with Gasteiger partial charge in [-0.1, -0.05) is 85.2 Å². The molecule has 54 heavy (non-hydrogen) atoms. The van der Waals surface area contributed by atoms with Crippen LogP contribution in [0.3, 0.4) is 0 Å². The second kappa shape index (κ2) is 16.8. The van der Waals surface area contributed by atoms with Gasteiger partial charge in [-0.15, -0.1) is 0 Å². The van der Waals surface area contributed by atoms with E-state index < -0.39 is 24.2 Å². The molecule has 4 N–H and O–H groups in total. The minimum atomic E-state index is -0.900. The van der Waals surface area contributed by atoms with Crippen LogP contribution in [0.1, 0.15) is 62.0 Å². The molecule has 0 radical (unpaired) electrons. The molecule has 9 atom stereocenters. The minimum absolute atomic E-state index is 0.0382. The molecule has 1 heterocycles. The Morgan fingerprint density at radius 3 is 2.46 bits per heavy atom. The lowest BCUT2D eigenvalue weighted by molar-refractivity contribution is -0.183. The van der Waals surface area contributed by atoms with Gasteiger partial charge in [-0.05, 0) is 92.8 Å². The quantitative estimate of drug-likeness (QED) is 0.164. The summed E-state index contributed by atoms with van der Waals surface area (Å²) in [5.41, 5.74) is 4.24. The summed E-state index contributed by atoms with van der Waals surface area (Å²) in [6, 6.07) is 20.7. The third-order valence-electron chi connectivity index (χ3n) is 12.4. The van der Waals surface area contributed by atoms with Gasteiger partial charge in [-0.3, -0.25) is 14.4 Å². The molecule has 2 bridgehead atoms. The summed E-state index contributed by atoms with van der Waals surface area (Å²) in [7, 11) is 5.60. The van der Waals surface area contributed by atoms with Gasteiger partial charge >= 0.3 is 0 Å². The Bertz CT molecular complexity index is 1790. The molecule has 1 aliphatic heterocycles. The maximum absolute atomic E-state index is 14.2. The first-order valence-corrected chi connectivity index (χ1v) is 20.0. The molecule has 3 aliphatic carbocycles. The van der Waals surface area contributed by atoms with Crippen LogP contribution in [0.25, 0.3) is 11.1 Å². The number of aliphatic hydroxyl groups is 2. The van der Waals surface area contributed by atoms with Crippen molar-refractivity contribution in [2.24, 2.45) is 29.1 Å². The zero-order valence-corrected chi connectivity index (χ0v) is 34.2. The Morgan fingerprint density at radius 2 is 1.83 bits per heavy atom. The fraction of sp³-hybridized carbons (Fsp3) is 0.535. The van der Waals surface area contributed by atoms with Crippen molar-refractivity contribution in [2.75, 3.05) is 34.4 Å². The molecule has 292 valence electrons. The standard InChI is InChI=1S/C43H57BrN4O6/c1-25-35-20-31(43(35,3)4)21-36(25)46-42(52)39-38(26(2)50)37(24-49)54-48(39)22-28-14-11-15-34(40(28)53-7)29-17-30(19-32(44)18-29)41(51)45-33(23-47(5)6)16-27-12-9-8-10-13-27/h8-15,17-19,25-26,31,33,35-39,49-50H,16,20-24H2,1-7H3,(H,45,51)(H,46,52)/t25-,26-,31-,33-,35+,36-,37-,38+,39-/m0/s1. The molecule has 2 amide bonds. The van der Waals surface area contributed by atoms with Gasteiger partial charge in [-0.2, -0.15) is 5.06 Å². The van der Waals surface area contributed by atoms with Crippen LogP contribution in [-0.4, -0.2) is 96.7 Å². The van der Waals surface area contributed by atoms with Crippen molar-refractivity contribution >= 4 is 27.7 Å². The van der Waals surface area contributed by atoms with Crippen molar-refractivity contribution in [3.8, 4) is 16.9 Å². The Morgan fingerprint density at radius 1 is 1.09 bits per heavy atom. The maximum atomic E-state index is 14.2. The Hall–Kier alpha value is -3.32. The molecule has 4 fully saturated rings. The van der Waals surface area contributed by atoms with Crippen LogP contribution in [0, 0.1) is 29.1 Å². The predicted octanol–water partition coefficient (Wildman–Crippen LogP) is 5.69. The number of nitrogens with one attached hydrogen (secondary N) is 2. The molecule has 0 spiro atoms. The number of rotatable bonds is 14. The topological polar surface area (TPSA) is 124 Å². The maximum Gasteiger partial charge on any atom is 0.251 e. The van der Waals surface area contributed by atoms with Gasteiger partial charge in [0.05, 0.1) is 26.4 Å². The van der Waals surface area contributed by atoms with Gasteiger partial charge in [-0.25, -0.2) is 0 Å². The van der Waals surface area contributed by atoms with Gasteiger partial charge in [0, 0.05) is 45.7 Å². The average Bonchev–Trinajstić information content (AvgIpc) is 3.50. The molecule has 3 aromatic carbocycles. The number of halogens is 1. The summed E-state index contributed by atoms with van der Waals surface area (Å²) in [6.07, 6.45) is 1.18. The highest BCUT2D eigenvalue weighted by atomic mass is 79.9. The van der Waals surface area contributed by atoms with E-state index in [0.717, 1.165) is 33.1 Å². The van der Waals surface area contributed by atoms with Crippen molar-refractivity contribution < 1.29 is 29.4 Å². The highest BCUT2D eigenvalue weighted by molar-refractivity contribution is 9.10. The molecule has 0 unspecified atom stereocenters. The predicted molar refractivity (Wildman–Crippen MR) is 214 cm³/mol. The smallest absolute Gasteiger partial charge is 0.251 e. The third-order valence-corrected chi connectivity index (χ3v) is 12.9. The number of hydrogen-bond acceptors (Lipinski definition) is 8. The van der Waals surface area contributed by atoms with Crippen molar-refractivity contribution in [1.82, 2.24) is 20.6 Å². The number of fused-ring (bicyclic) bond motifs is 2. The number of carbonyl (C=O) groups is 2. The van der Waals surface area contributed by atoms with E-state index in [9.17, 15) is 19.8 Å². The number of benzene rings is 3. The Labute approximate surface area is 328 Å². The molecule has 4 aliphatic rings. The molecule has 11 heteroatoms. The van der Waals surface area contributed by atoms with Crippen LogP contribution in [-0.2, 0) is 22.6 Å². The Kier molecular flexibility index (Phi) is 12.6. The van der Waals surface area contributed by atoms with Crippen molar-refractivity contribution in [1.29, 1.82) is 0 Å².